The van der Waals surface area contributed by atoms with E-state index in [0.717, 1.165) is 11.1 Å². The lowest BCUT2D eigenvalue weighted by Gasteiger charge is -2.31. The van der Waals surface area contributed by atoms with Gasteiger partial charge in [-0.15, -0.1) is 0 Å². The summed E-state index contributed by atoms with van der Waals surface area (Å²) < 4.78 is 30.4. The highest BCUT2D eigenvalue weighted by molar-refractivity contribution is 7.80. The number of carbonyl (C=O) groups is 1. The van der Waals surface area contributed by atoms with Crippen LogP contribution < -0.4 is 20.7 Å². The van der Waals surface area contributed by atoms with Gasteiger partial charge in [0.05, 0.1) is 11.6 Å². The van der Waals surface area contributed by atoms with Crippen LogP contribution in [0.25, 0.3) is 0 Å². The van der Waals surface area contributed by atoms with E-state index < -0.39 is 12.7 Å². The second-order valence-electron chi connectivity index (χ2n) is 6.69. The average molecular weight is 417 g/mol. The second-order valence-corrected chi connectivity index (χ2v) is 7.10. The molecule has 0 radical (unpaired) electrons. The minimum absolute atomic E-state index is 0.0189. The normalized spacial score (nSPS) is 16.3. The van der Waals surface area contributed by atoms with Crippen molar-refractivity contribution in [2.45, 2.75) is 33.4 Å². The minimum Gasteiger partial charge on any atom is -0.434 e. The quantitative estimate of drug-likeness (QED) is 0.632. The van der Waals surface area contributed by atoms with Crippen molar-refractivity contribution in [3.8, 4) is 5.75 Å². The Labute approximate surface area is 173 Å². The summed E-state index contributed by atoms with van der Waals surface area (Å²) >= 11 is 5.22. The van der Waals surface area contributed by atoms with Gasteiger partial charge in [-0.25, -0.2) is 0 Å². The van der Waals surface area contributed by atoms with Crippen LogP contribution in [0.4, 0.5) is 14.5 Å². The molecule has 0 bridgehead atoms. The second kappa shape index (κ2) is 8.57. The maximum atomic E-state index is 13.2. The van der Waals surface area contributed by atoms with Crippen molar-refractivity contribution in [2.24, 2.45) is 0 Å². The molecule has 152 valence electrons. The first-order valence-corrected chi connectivity index (χ1v) is 9.38. The van der Waals surface area contributed by atoms with Crippen molar-refractivity contribution in [3.05, 3.63) is 70.4 Å². The number of nitrogens with one attached hydrogen (secondary N) is 3. The molecule has 1 heterocycles. The number of halogens is 2. The molecule has 0 spiro atoms. The lowest BCUT2D eigenvalue weighted by Crippen LogP contribution is -2.46. The monoisotopic (exact) mass is 417 g/mol. The molecule has 1 atom stereocenters. The van der Waals surface area contributed by atoms with Crippen molar-refractivity contribution in [1.29, 1.82) is 0 Å². The van der Waals surface area contributed by atoms with Gasteiger partial charge in [-0.2, -0.15) is 8.78 Å². The van der Waals surface area contributed by atoms with Gasteiger partial charge in [-0.1, -0.05) is 30.3 Å². The highest BCUT2D eigenvalue weighted by Gasteiger charge is 2.32. The summed E-state index contributed by atoms with van der Waals surface area (Å²) in [6.07, 6.45) is 0. The number of hydrogen-bond donors (Lipinski definition) is 3. The van der Waals surface area contributed by atoms with Crippen LogP contribution in [0.3, 0.4) is 0 Å². The zero-order valence-electron chi connectivity index (χ0n) is 16.2. The third kappa shape index (κ3) is 4.54. The molecule has 2 aromatic carbocycles. The number of ether oxygens (including phenoxy) is 1. The minimum atomic E-state index is -2.98. The summed E-state index contributed by atoms with van der Waals surface area (Å²) in [5.74, 6) is -0.384. The van der Waals surface area contributed by atoms with Gasteiger partial charge in [0.15, 0.2) is 5.11 Å². The molecular formula is C21H21F2N3O2S. The van der Waals surface area contributed by atoms with Crippen LogP contribution in [0.5, 0.6) is 5.75 Å². The van der Waals surface area contributed by atoms with Gasteiger partial charge < -0.3 is 20.7 Å². The summed E-state index contributed by atoms with van der Waals surface area (Å²) in [6.45, 7) is 2.61. The van der Waals surface area contributed by atoms with Crippen LogP contribution in [0, 0.1) is 13.8 Å². The van der Waals surface area contributed by atoms with E-state index in [9.17, 15) is 13.6 Å². The summed E-state index contributed by atoms with van der Waals surface area (Å²) in [5.41, 5.74) is 3.94. The van der Waals surface area contributed by atoms with Gasteiger partial charge in [0.1, 0.15) is 5.75 Å². The Hall–Kier alpha value is -3.00. The fourth-order valence-electron chi connectivity index (χ4n) is 3.23. The van der Waals surface area contributed by atoms with Crippen LogP contribution >= 0.6 is 12.2 Å². The predicted octanol–water partition coefficient (Wildman–Crippen LogP) is 4.34. The van der Waals surface area contributed by atoms with E-state index in [1.165, 1.54) is 6.07 Å². The fourth-order valence-corrected chi connectivity index (χ4v) is 3.50. The number of amides is 1. The average Bonchev–Trinajstić information content (AvgIpc) is 2.64. The molecule has 1 aliphatic rings. The first kappa shape index (κ1) is 20.7. The molecule has 5 nitrogen and oxygen atoms in total. The van der Waals surface area contributed by atoms with E-state index >= 15 is 0 Å². The Bertz CT molecular complexity index is 992. The Morgan fingerprint density at radius 1 is 1.14 bits per heavy atom. The first-order chi connectivity index (χ1) is 13.8. The van der Waals surface area contributed by atoms with Gasteiger partial charge in [0.2, 0.25) is 0 Å². The van der Waals surface area contributed by atoms with Gasteiger partial charge in [0.25, 0.3) is 5.91 Å². The summed E-state index contributed by atoms with van der Waals surface area (Å²) in [5, 5.41) is 9.14. The Balaban J connectivity index is 2.01. The van der Waals surface area contributed by atoms with Crippen LogP contribution in [0.1, 0.15) is 29.7 Å². The van der Waals surface area contributed by atoms with Crippen LogP contribution in [-0.2, 0) is 4.79 Å². The molecule has 0 fully saturated rings. The van der Waals surface area contributed by atoms with Gasteiger partial charge in [-0.3, -0.25) is 4.79 Å². The summed E-state index contributed by atoms with van der Waals surface area (Å²) in [4.78, 5) is 13.2. The molecule has 1 aliphatic heterocycles. The van der Waals surface area contributed by atoms with E-state index in [0.29, 0.717) is 27.6 Å². The third-order valence-electron chi connectivity index (χ3n) is 4.81. The molecule has 2 aromatic rings. The number of benzene rings is 2. The zero-order chi connectivity index (χ0) is 21.1. The molecule has 0 saturated heterocycles. The Morgan fingerprint density at radius 3 is 2.59 bits per heavy atom. The molecule has 29 heavy (non-hydrogen) atoms. The maximum Gasteiger partial charge on any atom is 0.387 e. The standard InChI is InChI=1S/C21H21F2N3O2S/c1-11-7-6-9-15(12(11)2)25-19(27)17-13(3)24-21(29)26-18(17)14-8-4-5-10-16(14)28-20(22)23/h4-10,18,20H,1-3H3,(H,25,27)(H2,24,26,29)/t18-/m1/s1. The molecular weight excluding hydrogens is 396 g/mol. The lowest BCUT2D eigenvalue weighted by molar-refractivity contribution is -0.113. The van der Waals surface area contributed by atoms with Crippen molar-refractivity contribution >= 4 is 28.9 Å². The first-order valence-electron chi connectivity index (χ1n) is 8.97. The molecule has 0 unspecified atom stereocenters. The molecule has 0 aromatic heterocycles. The van der Waals surface area contributed by atoms with Crippen molar-refractivity contribution in [3.63, 3.8) is 0 Å². The predicted molar refractivity (Wildman–Crippen MR) is 112 cm³/mol. The molecule has 3 N–H and O–H groups in total. The fraction of sp³-hybridized carbons (Fsp3) is 0.238. The van der Waals surface area contributed by atoms with E-state index in [4.69, 9.17) is 12.2 Å². The highest BCUT2D eigenvalue weighted by atomic mass is 32.1. The van der Waals surface area contributed by atoms with E-state index in [-0.39, 0.29) is 11.7 Å². The topological polar surface area (TPSA) is 62.4 Å². The van der Waals surface area contributed by atoms with Crippen LogP contribution in [0.2, 0.25) is 0 Å². The maximum absolute atomic E-state index is 13.2. The number of thiocarbonyl (C=S) groups is 1. The number of anilines is 1. The van der Waals surface area contributed by atoms with Crippen molar-refractivity contribution < 1.29 is 18.3 Å². The Kier molecular flexibility index (Phi) is 6.12. The number of allylic oxidation sites excluding steroid dienone is 1. The SMILES string of the molecule is CC1=C(C(=O)Nc2cccc(C)c2C)[C@@H](c2ccccc2OC(F)F)NC(=S)N1. The Morgan fingerprint density at radius 2 is 1.86 bits per heavy atom. The van der Waals surface area contributed by atoms with Crippen LogP contribution in [0.15, 0.2) is 53.7 Å². The van der Waals surface area contributed by atoms with E-state index in [1.54, 1.807) is 25.1 Å². The molecule has 8 heteroatoms. The van der Waals surface area contributed by atoms with Crippen molar-refractivity contribution in [2.75, 3.05) is 5.32 Å². The number of aryl methyl sites for hydroxylation is 1. The van der Waals surface area contributed by atoms with E-state index in [1.807, 2.05) is 32.0 Å². The largest absolute Gasteiger partial charge is 0.434 e. The number of alkyl halides is 2. The number of rotatable bonds is 5. The zero-order valence-corrected chi connectivity index (χ0v) is 17.0. The number of para-hydroxylation sites is 1. The molecule has 0 saturated carbocycles. The third-order valence-corrected chi connectivity index (χ3v) is 5.03. The lowest BCUT2D eigenvalue weighted by atomic mass is 9.94. The van der Waals surface area contributed by atoms with Gasteiger partial charge in [0, 0.05) is 16.9 Å². The summed E-state index contributed by atoms with van der Waals surface area (Å²) in [7, 11) is 0. The summed E-state index contributed by atoms with van der Waals surface area (Å²) in [6, 6.07) is 11.2. The van der Waals surface area contributed by atoms with Gasteiger partial charge >= 0.3 is 6.61 Å². The van der Waals surface area contributed by atoms with Crippen LogP contribution in [-0.4, -0.2) is 17.6 Å². The molecule has 1 amide bonds. The molecule has 0 aliphatic carbocycles. The van der Waals surface area contributed by atoms with Crippen molar-refractivity contribution in [1.82, 2.24) is 10.6 Å². The van der Waals surface area contributed by atoms with E-state index in [2.05, 4.69) is 20.7 Å². The van der Waals surface area contributed by atoms with Gasteiger partial charge in [-0.05, 0) is 56.2 Å². The molecule has 3 rings (SSSR count). The highest BCUT2D eigenvalue weighted by Crippen LogP contribution is 2.34. The number of carbonyl (C=O) groups excluding carboxylic acids is 1. The number of hydrogen-bond acceptors (Lipinski definition) is 3. The smallest absolute Gasteiger partial charge is 0.387 e.